The molecule has 2 aromatic heterocycles. The molecule has 0 spiro atoms. The van der Waals surface area contributed by atoms with E-state index >= 15 is 0 Å². The third kappa shape index (κ3) is 4.31. The standard InChI is InChI=1S/C28H34N4O5/c1-17(2)13-19-14-22-18(15-23(19)36-5)8-9-20-24(26(33)31-11-12-37-16-28(31,3)4)29-25(32(20)22)21-7-6-10-30(21)27(34)35/h6-7,10,14-15,17H,8-9,11-13,16H2,1-5H3,(H,34,35). The van der Waals surface area contributed by atoms with Crippen LogP contribution in [0.3, 0.4) is 0 Å². The van der Waals surface area contributed by atoms with Crippen LogP contribution in [-0.2, 0) is 24.0 Å². The Kier molecular flexibility index (Phi) is 6.35. The Bertz CT molecular complexity index is 1370. The molecule has 37 heavy (non-hydrogen) atoms. The van der Waals surface area contributed by atoms with Crippen LogP contribution >= 0.6 is 0 Å². The van der Waals surface area contributed by atoms with Crippen LogP contribution in [0, 0.1) is 5.92 Å². The number of hydrogen-bond acceptors (Lipinski definition) is 5. The van der Waals surface area contributed by atoms with Crippen LogP contribution in [0.1, 0.15) is 55.0 Å². The highest BCUT2D eigenvalue weighted by Gasteiger charge is 2.39. The number of hydrogen-bond donors (Lipinski definition) is 1. The second kappa shape index (κ2) is 9.37. The molecule has 9 heteroatoms. The third-order valence-corrected chi connectivity index (χ3v) is 7.23. The number of morpholine rings is 1. The Morgan fingerprint density at radius 3 is 2.70 bits per heavy atom. The molecule has 0 saturated carbocycles. The van der Waals surface area contributed by atoms with E-state index in [0.717, 1.165) is 45.7 Å². The van der Waals surface area contributed by atoms with Crippen LogP contribution in [0.5, 0.6) is 5.75 Å². The molecule has 1 saturated heterocycles. The number of carbonyl (C=O) groups is 2. The average molecular weight is 507 g/mol. The lowest BCUT2D eigenvalue weighted by molar-refractivity contribution is -0.0373. The largest absolute Gasteiger partial charge is 0.496 e. The number of aromatic nitrogens is 3. The lowest BCUT2D eigenvalue weighted by atomic mass is 9.94. The van der Waals surface area contributed by atoms with Crippen molar-refractivity contribution < 1.29 is 24.2 Å². The predicted molar refractivity (Wildman–Crippen MR) is 139 cm³/mol. The number of benzene rings is 1. The fourth-order valence-corrected chi connectivity index (χ4v) is 5.48. The molecule has 1 N–H and O–H groups in total. The highest BCUT2D eigenvalue weighted by molar-refractivity contribution is 5.95. The molecule has 4 heterocycles. The van der Waals surface area contributed by atoms with Crippen molar-refractivity contribution in [3.05, 3.63) is 53.0 Å². The van der Waals surface area contributed by atoms with Gasteiger partial charge in [-0.1, -0.05) is 13.8 Å². The van der Waals surface area contributed by atoms with Crippen molar-refractivity contribution in [2.24, 2.45) is 5.92 Å². The summed E-state index contributed by atoms with van der Waals surface area (Å²) < 4.78 is 14.5. The zero-order chi connectivity index (χ0) is 26.5. The first-order chi connectivity index (χ1) is 17.6. The van der Waals surface area contributed by atoms with Gasteiger partial charge in [-0.3, -0.25) is 9.36 Å². The third-order valence-electron chi connectivity index (χ3n) is 7.23. The van der Waals surface area contributed by atoms with Crippen LogP contribution < -0.4 is 4.74 Å². The Morgan fingerprint density at radius 1 is 1.24 bits per heavy atom. The average Bonchev–Trinajstić information content (AvgIpc) is 3.48. The van der Waals surface area contributed by atoms with Crippen LogP contribution in [0.15, 0.2) is 30.5 Å². The molecular formula is C28H34N4O5. The molecule has 2 aliphatic heterocycles. The second-order valence-electron chi connectivity index (χ2n) is 10.8. The molecular weight excluding hydrogens is 472 g/mol. The summed E-state index contributed by atoms with van der Waals surface area (Å²) in [6, 6.07) is 7.59. The molecule has 0 atom stereocenters. The fraction of sp³-hybridized carbons (Fsp3) is 0.464. The Labute approximate surface area is 216 Å². The summed E-state index contributed by atoms with van der Waals surface area (Å²) in [4.78, 5) is 32.7. The van der Waals surface area contributed by atoms with Crippen LogP contribution in [-0.4, -0.2) is 68.5 Å². The van der Waals surface area contributed by atoms with Crippen molar-refractivity contribution in [3.63, 3.8) is 0 Å². The van der Waals surface area contributed by atoms with Gasteiger partial charge >= 0.3 is 6.09 Å². The minimum Gasteiger partial charge on any atom is -0.496 e. The Balaban J connectivity index is 1.74. The van der Waals surface area contributed by atoms with E-state index in [9.17, 15) is 14.7 Å². The zero-order valence-corrected chi connectivity index (χ0v) is 22.1. The number of imidazole rings is 1. The van der Waals surface area contributed by atoms with E-state index < -0.39 is 11.6 Å². The molecule has 9 nitrogen and oxygen atoms in total. The lowest BCUT2D eigenvalue weighted by Crippen LogP contribution is -2.55. The number of ether oxygens (including phenoxy) is 2. The monoisotopic (exact) mass is 506 g/mol. The summed E-state index contributed by atoms with van der Waals surface area (Å²) >= 11 is 0. The van der Waals surface area contributed by atoms with Gasteiger partial charge in [-0.25, -0.2) is 14.3 Å². The number of aryl methyl sites for hydroxylation is 1. The highest BCUT2D eigenvalue weighted by Crippen LogP contribution is 2.38. The highest BCUT2D eigenvalue weighted by atomic mass is 16.5. The van der Waals surface area contributed by atoms with Gasteiger partial charge in [0.2, 0.25) is 0 Å². The van der Waals surface area contributed by atoms with Crippen LogP contribution in [0.25, 0.3) is 17.2 Å². The first-order valence-corrected chi connectivity index (χ1v) is 12.7. The van der Waals surface area contributed by atoms with E-state index in [1.165, 1.54) is 6.20 Å². The minimum atomic E-state index is -1.11. The molecule has 3 aromatic rings. The van der Waals surface area contributed by atoms with Gasteiger partial charge in [-0.2, -0.15) is 0 Å². The normalized spacial score (nSPS) is 16.4. The quantitative estimate of drug-likeness (QED) is 0.550. The summed E-state index contributed by atoms with van der Waals surface area (Å²) in [6.07, 6.45) is 2.55. The molecule has 196 valence electrons. The van der Waals surface area contributed by atoms with E-state index in [2.05, 4.69) is 26.0 Å². The lowest BCUT2D eigenvalue weighted by Gasteiger charge is -2.41. The number of rotatable bonds is 5. The van der Waals surface area contributed by atoms with Crippen LogP contribution in [0.4, 0.5) is 4.79 Å². The van der Waals surface area contributed by atoms with Gasteiger partial charge < -0.3 is 19.5 Å². The Hall–Kier alpha value is -3.59. The van der Waals surface area contributed by atoms with Gasteiger partial charge in [-0.05, 0) is 74.4 Å². The van der Waals surface area contributed by atoms with Gasteiger partial charge in [0.15, 0.2) is 11.5 Å². The Morgan fingerprint density at radius 2 is 2.03 bits per heavy atom. The molecule has 5 rings (SSSR count). The molecule has 1 aromatic carbocycles. The van der Waals surface area contributed by atoms with E-state index in [0.29, 0.717) is 49.3 Å². The van der Waals surface area contributed by atoms with Crippen molar-refractivity contribution in [3.8, 4) is 23.0 Å². The number of carbonyl (C=O) groups excluding carboxylic acids is 1. The van der Waals surface area contributed by atoms with Gasteiger partial charge in [0.05, 0.1) is 42.9 Å². The van der Waals surface area contributed by atoms with Crippen molar-refractivity contribution in [1.29, 1.82) is 0 Å². The van der Waals surface area contributed by atoms with Crippen molar-refractivity contribution >= 4 is 12.0 Å². The van der Waals surface area contributed by atoms with Crippen molar-refractivity contribution in [1.82, 2.24) is 19.0 Å². The van der Waals surface area contributed by atoms with Gasteiger partial charge in [0.1, 0.15) is 5.75 Å². The number of fused-ring (bicyclic) bond motifs is 3. The first kappa shape index (κ1) is 25.1. The number of amides is 1. The molecule has 0 bridgehead atoms. The first-order valence-electron chi connectivity index (χ1n) is 12.7. The maximum absolute atomic E-state index is 14.0. The number of carboxylic acid groups (broad SMARTS) is 1. The summed E-state index contributed by atoms with van der Waals surface area (Å²) in [5.41, 5.74) is 4.18. The molecule has 2 aliphatic rings. The maximum Gasteiger partial charge on any atom is 0.416 e. The minimum absolute atomic E-state index is 0.156. The van der Waals surface area contributed by atoms with Crippen molar-refractivity contribution in [2.75, 3.05) is 26.9 Å². The van der Waals surface area contributed by atoms with E-state index in [-0.39, 0.29) is 5.91 Å². The van der Waals surface area contributed by atoms with Crippen molar-refractivity contribution in [2.45, 2.75) is 52.5 Å². The molecule has 0 radical (unpaired) electrons. The summed E-state index contributed by atoms with van der Waals surface area (Å²) in [5.74, 6) is 1.55. The molecule has 0 aliphatic carbocycles. The summed E-state index contributed by atoms with van der Waals surface area (Å²) in [5, 5.41) is 9.84. The van der Waals surface area contributed by atoms with E-state index in [4.69, 9.17) is 14.5 Å². The predicted octanol–water partition coefficient (Wildman–Crippen LogP) is 4.42. The summed E-state index contributed by atoms with van der Waals surface area (Å²) in [6.45, 7) is 9.70. The smallest absolute Gasteiger partial charge is 0.416 e. The van der Waals surface area contributed by atoms with E-state index in [1.54, 1.807) is 19.2 Å². The number of methoxy groups -OCH3 is 1. The fourth-order valence-electron chi connectivity index (χ4n) is 5.48. The topological polar surface area (TPSA) is 98.8 Å². The maximum atomic E-state index is 14.0. The van der Waals surface area contributed by atoms with Gasteiger partial charge in [0, 0.05) is 12.7 Å². The summed E-state index contributed by atoms with van der Waals surface area (Å²) in [7, 11) is 1.68. The zero-order valence-electron chi connectivity index (χ0n) is 22.1. The molecule has 0 unspecified atom stereocenters. The van der Waals surface area contributed by atoms with Gasteiger partial charge in [-0.15, -0.1) is 0 Å². The number of nitrogens with zero attached hydrogens (tertiary/aromatic N) is 4. The van der Waals surface area contributed by atoms with Crippen LogP contribution in [0.2, 0.25) is 0 Å². The van der Waals surface area contributed by atoms with Gasteiger partial charge in [0.25, 0.3) is 5.91 Å². The van der Waals surface area contributed by atoms with E-state index in [1.807, 2.05) is 23.3 Å². The molecule has 1 amide bonds. The SMILES string of the molecule is COc1cc2c(cc1CC(C)C)-n1c(-c3cccn3C(=O)O)nc(C(=O)N3CCOCC3(C)C)c1CC2. The molecule has 1 fully saturated rings. The second-order valence-corrected chi connectivity index (χ2v) is 10.8.